The van der Waals surface area contributed by atoms with E-state index in [1.807, 2.05) is 6.07 Å². The second kappa shape index (κ2) is 5.22. The molecular formula is C21H10BrNO3. The zero-order chi connectivity index (χ0) is 18.0. The minimum Gasteiger partial charge on any atom is -0.354 e. The molecule has 4 nitrogen and oxygen atoms in total. The Bertz CT molecular complexity index is 1350. The summed E-state index contributed by atoms with van der Waals surface area (Å²) in [6.45, 7) is 0. The molecular weight excluding hydrogens is 394 g/mol. The molecule has 3 aromatic carbocycles. The quantitative estimate of drug-likeness (QED) is 0.393. The molecule has 0 aliphatic heterocycles. The number of aromatic nitrogens is 1. The van der Waals surface area contributed by atoms with Crippen molar-refractivity contribution in [2.24, 2.45) is 0 Å². The second-order valence-electron chi connectivity index (χ2n) is 6.26. The number of fused-ring (bicyclic) bond motifs is 5. The highest BCUT2D eigenvalue weighted by molar-refractivity contribution is 9.10. The molecule has 0 bridgehead atoms. The molecule has 4 aromatic rings. The van der Waals surface area contributed by atoms with Crippen molar-refractivity contribution >= 4 is 49.3 Å². The SMILES string of the molecule is O=C1c2ccccc2C(=O)c2c1ccc1[nH]c3cc(Br)ccc3c(=O)c21. The normalized spacial score (nSPS) is 13.1. The summed E-state index contributed by atoms with van der Waals surface area (Å²) in [4.78, 5) is 42.3. The van der Waals surface area contributed by atoms with Gasteiger partial charge in [0.25, 0.3) is 0 Å². The molecule has 1 aliphatic rings. The van der Waals surface area contributed by atoms with E-state index in [0.29, 0.717) is 27.5 Å². The van der Waals surface area contributed by atoms with Gasteiger partial charge in [-0.15, -0.1) is 0 Å². The van der Waals surface area contributed by atoms with E-state index in [1.54, 1.807) is 48.5 Å². The molecule has 0 saturated heterocycles. The lowest BCUT2D eigenvalue weighted by molar-refractivity contribution is 0.0980. The van der Waals surface area contributed by atoms with E-state index in [-0.39, 0.29) is 33.5 Å². The van der Waals surface area contributed by atoms with Crippen molar-refractivity contribution in [3.63, 3.8) is 0 Å². The number of halogens is 1. The van der Waals surface area contributed by atoms with E-state index < -0.39 is 0 Å². The fourth-order valence-corrected chi connectivity index (χ4v) is 3.99. The number of aromatic amines is 1. The van der Waals surface area contributed by atoms with Gasteiger partial charge in [-0.25, -0.2) is 0 Å². The Hall–Kier alpha value is -3.05. The van der Waals surface area contributed by atoms with Crippen LogP contribution < -0.4 is 5.43 Å². The van der Waals surface area contributed by atoms with Crippen LogP contribution in [-0.2, 0) is 0 Å². The number of hydrogen-bond donors (Lipinski definition) is 1. The maximum atomic E-state index is 13.1. The van der Waals surface area contributed by atoms with Crippen molar-refractivity contribution in [3.05, 3.63) is 91.5 Å². The summed E-state index contributed by atoms with van der Waals surface area (Å²) in [5, 5.41) is 0.749. The molecule has 1 heterocycles. The van der Waals surface area contributed by atoms with E-state index in [9.17, 15) is 14.4 Å². The van der Waals surface area contributed by atoms with Gasteiger partial charge in [0.2, 0.25) is 0 Å². The van der Waals surface area contributed by atoms with Crippen molar-refractivity contribution < 1.29 is 9.59 Å². The largest absolute Gasteiger partial charge is 0.354 e. The van der Waals surface area contributed by atoms with Crippen LogP contribution in [0, 0.1) is 0 Å². The van der Waals surface area contributed by atoms with Gasteiger partial charge in [0, 0.05) is 32.1 Å². The lowest BCUT2D eigenvalue weighted by atomic mass is 9.82. The van der Waals surface area contributed by atoms with Gasteiger partial charge in [0.05, 0.1) is 16.4 Å². The highest BCUT2D eigenvalue weighted by Gasteiger charge is 2.32. The van der Waals surface area contributed by atoms with E-state index in [0.717, 1.165) is 4.47 Å². The minimum atomic E-state index is -0.289. The van der Waals surface area contributed by atoms with E-state index >= 15 is 0 Å². The number of pyridine rings is 1. The number of ketones is 2. The molecule has 5 heteroatoms. The number of rotatable bonds is 0. The molecule has 1 N–H and O–H groups in total. The van der Waals surface area contributed by atoms with Crippen LogP contribution in [0.3, 0.4) is 0 Å². The molecule has 0 saturated carbocycles. The number of benzene rings is 3. The molecule has 1 aromatic heterocycles. The van der Waals surface area contributed by atoms with Crippen molar-refractivity contribution in [2.45, 2.75) is 0 Å². The van der Waals surface area contributed by atoms with Crippen LogP contribution in [0.2, 0.25) is 0 Å². The van der Waals surface area contributed by atoms with Crippen molar-refractivity contribution in [2.75, 3.05) is 0 Å². The topological polar surface area (TPSA) is 67.0 Å². The first-order valence-corrected chi connectivity index (χ1v) is 8.82. The van der Waals surface area contributed by atoms with Crippen LogP contribution in [0.15, 0.2) is 63.9 Å². The summed E-state index contributed by atoms with van der Waals surface area (Å²) in [5.74, 6) is -0.518. The molecule has 0 fully saturated rings. The summed E-state index contributed by atoms with van der Waals surface area (Å²) in [7, 11) is 0. The molecule has 1 aliphatic carbocycles. The Morgan fingerprint density at radius 3 is 2.23 bits per heavy atom. The number of carbonyl (C=O) groups excluding carboxylic acids is 2. The van der Waals surface area contributed by atoms with Gasteiger partial charge in [-0.2, -0.15) is 0 Å². The zero-order valence-electron chi connectivity index (χ0n) is 13.3. The smallest absolute Gasteiger partial charge is 0.197 e. The number of nitrogens with one attached hydrogen (secondary N) is 1. The summed E-state index contributed by atoms with van der Waals surface area (Å²) in [6, 6.07) is 15.3. The molecule has 0 radical (unpaired) electrons. The van der Waals surface area contributed by atoms with Gasteiger partial charge in [-0.3, -0.25) is 14.4 Å². The van der Waals surface area contributed by atoms with E-state index in [4.69, 9.17) is 0 Å². The predicted molar refractivity (Wildman–Crippen MR) is 103 cm³/mol. The number of carbonyl (C=O) groups is 2. The van der Waals surface area contributed by atoms with Gasteiger partial charge in [0.1, 0.15) is 0 Å². The van der Waals surface area contributed by atoms with Crippen LogP contribution in [0.1, 0.15) is 31.8 Å². The van der Waals surface area contributed by atoms with Crippen LogP contribution in [-0.4, -0.2) is 16.6 Å². The molecule has 0 atom stereocenters. The Balaban J connectivity index is 1.96. The lowest BCUT2D eigenvalue weighted by Gasteiger charge is -2.19. The molecule has 0 spiro atoms. The third-order valence-electron chi connectivity index (χ3n) is 4.82. The average Bonchev–Trinajstić information content (AvgIpc) is 2.65. The standard InChI is InChI=1S/C21H10BrNO3/c22-10-5-6-13-16(9-10)23-15-8-7-14-17(18(15)21(13)26)20(25)12-4-2-1-3-11(12)19(14)24/h1-9H,(H,23,26). The molecule has 0 unspecified atom stereocenters. The maximum absolute atomic E-state index is 13.1. The van der Waals surface area contributed by atoms with E-state index in [2.05, 4.69) is 20.9 Å². The molecule has 5 rings (SSSR count). The third kappa shape index (κ3) is 1.92. The van der Waals surface area contributed by atoms with Gasteiger partial charge in [0.15, 0.2) is 17.0 Å². The summed E-state index contributed by atoms with van der Waals surface area (Å²) < 4.78 is 0.846. The van der Waals surface area contributed by atoms with E-state index in [1.165, 1.54) is 0 Å². The Morgan fingerprint density at radius 2 is 1.46 bits per heavy atom. The van der Waals surface area contributed by atoms with Gasteiger partial charge in [-0.05, 0) is 30.3 Å². The second-order valence-corrected chi connectivity index (χ2v) is 7.17. The van der Waals surface area contributed by atoms with Crippen molar-refractivity contribution in [1.29, 1.82) is 0 Å². The Morgan fingerprint density at radius 1 is 0.731 bits per heavy atom. The summed E-state index contributed by atoms with van der Waals surface area (Å²) >= 11 is 3.40. The van der Waals surface area contributed by atoms with Gasteiger partial charge in [-0.1, -0.05) is 40.2 Å². The molecule has 124 valence electrons. The third-order valence-corrected chi connectivity index (χ3v) is 5.31. The van der Waals surface area contributed by atoms with Crippen LogP contribution in [0.4, 0.5) is 0 Å². The van der Waals surface area contributed by atoms with Crippen LogP contribution >= 0.6 is 15.9 Å². The first-order valence-electron chi connectivity index (χ1n) is 8.03. The first-order chi connectivity index (χ1) is 12.6. The van der Waals surface area contributed by atoms with Crippen molar-refractivity contribution in [3.8, 4) is 0 Å². The van der Waals surface area contributed by atoms with Crippen molar-refractivity contribution in [1.82, 2.24) is 4.98 Å². The summed E-state index contributed by atoms with van der Waals surface area (Å²) in [6.07, 6.45) is 0. The molecule has 26 heavy (non-hydrogen) atoms. The average molecular weight is 404 g/mol. The van der Waals surface area contributed by atoms with Gasteiger partial charge >= 0.3 is 0 Å². The predicted octanol–water partition coefficient (Wildman–Crippen LogP) is 4.22. The number of H-pyrrole nitrogens is 1. The monoisotopic (exact) mass is 403 g/mol. The lowest BCUT2D eigenvalue weighted by Crippen LogP contribution is -2.23. The minimum absolute atomic E-state index is 0.192. The highest BCUT2D eigenvalue weighted by Crippen LogP contribution is 2.31. The van der Waals surface area contributed by atoms with Gasteiger partial charge < -0.3 is 4.98 Å². The van der Waals surface area contributed by atoms with Crippen LogP contribution in [0.5, 0.6) is 0 Å². The maximum Gasteiger partial charge on any atom is 0.197 e. The Kier molecular flexibility index (Phi) is 3.06. The number of hydrogen-bond acceptors (Lipinski definition) is 3. The Labute approximate surface area is 155 Å². The molecule has 0 amide bonds. The van der Waals surface area contributed by atoms with Crippen LogP contribution in [0.25, 0.3) is 21.8 Å². The summed E-state index contributed by atoms with van der Waals surface area (Å²) in [5.41, 5.74) is 2.16. The zero-order valence-corrected chi connectivity index (χ0v) is 14.9. The fraction of sp³-hybridized carbons (Fsp3) is 0. The first kappa shape index (κ1) is 15.2. The fourth-order valence-electron chi connectivity index (χ4n) is 3.62. The highest BCUT2D eigenvalue weighted by atomic mass is 79.9.